The third-order valence-electron chi connectivity index (χ3n) is 3.92. The van der Waals surface area contributed by atoms with Crippen molar-refractivity contribution in [2.24, 2.45) is 0 Å². The number of nitrogens with one attached hydrogen (secondary N) is 1. The molecule has 0 saturated carbocycles. The van der Waals surface area contributed by atoms with Crippen molar-refractivity contribution < 1.29 is 18.3 Å². The molecule has 1 aromatic carbocycles. The second-order valence-electron chi connectivity index (χ2n) is 5.52. The largest absolute Gasteiger partial charge is 0.492 e. The average Bonchev–Trinajstić information content (AvgIpc) is 3.25. The van der Waals surface area contributed by atoms with E-state index in [2.05, 4.69) is 5.32 Å². The van der Waals surface area contributed by atoms with E-state index in [9.17, 15) is 13.6 Å². The molecule has 7 heteroatoms. The maximum Gasteiger partial charge on any atom is 0.318 e. The molecule has 4 nitrogen and oxygen atoms in total. The second-order valence-corrected chi connectivity index (χ2v) is 6.50. The zero-order valence-electron chi connectivity index (χ0n) is 13.0. The summed E-state index contributed by atoms with van der Waals surface area (Å²) in [6, 6.07) is 7.41. The lowest BCUT2D eigenvalue weighted by Gasteiger charge is -2.24. The van der Waals surface area contributed by atoms with Crippen LogP contribution in [0.5, 0.6) is 5.75 Å². The third-order valence-corrected chi connectivity index (χ3v) is 4.90. The van der Waals surface area contributed by atoms with E-state index in [1.165, 1.54) is 10.9 Å². The first-order chi connectivity index (χ1) is 11.6. The van der Waals surface area contributed by atoms with Crippen LogP contribution >= 0.6 is 11.3 Å². The molecule has 1 aliphatic heterocycles. The number of carbonyl (C=O) groups excluding carboxylic acids is 1. The van der Waals surface area contributed by atoms with Crippen LogP contribution in [0.4, 0.5) is 13.6 Å². The van der Waals surface area contributed by atoms with E-state index < -0.39 is 11.6 Å². The van der Waals surface area contributed by atoms with Gasteiger partial charge in [-0.15, -0.1) is 11.3 Å². The smallest absolute Gasteiger partial charge is 0.318 e. The number of nitrogens with zero attached hydrogens (tertiary/aromatic N) is 1. The van der Waals surface area contributed by atoms with Crippen LogP contribution in [-0.2, 0) is 0 Å². The van der Waals surface area contributed by atoms with E-state index in [-0.39, 0.29) is 24.4 Å². The molecule has 1 saturated heterocycles. The Morgan fingerprint density at radius 2 is 2.21 bits per heavy atom. The number of benzene rings is 1. The van der Waals surface area contributed by atoms with Crippen molar-refractivity contribution in [2.75, 3.05) is 19.7 Å². The maximum absolute atomic E-state index is 13.1. The molecular weight excluding hydrogens is 334 g/mol. The average molecular weight is 352 g/mol. The predicted octanol–water partition coefficient (Wildman–Crippen LogP) is 3.95. The molecule has 0 aliphatic carbocycles. The Morgan fingerprint density at radius 3 is 2.96 bits per heavy atom. The SMILES string of the molecule is O=C(NCCOc1ccc(F)c(F)c1)N1CCCC1c1cccs1. The van der Waals surface area contributed by atoms with Gasteiger partial charge < -0.3 is 15.0 Å². The summed E-state index contributed by atoms with van der Waals surface area (Å²) in [6.45, 7) is 1.22. The quantitative estimate of drug-likeness (QED) is 0.828. The molecule has 2 aromatic rings. The summed E-state index contributed by atoms with van der Waals surface area (Å²) in [7, 11) is 0. The molecule has 2 heterocycles. The molecule has 0 radical (unpaired) electrons. The fourth-order valence-electron chi connectivity index (χ4n) is 2.78. The zero-order valence-corrected chi connectivity index (χ0v) is 13.8. The van der Waals surface area contributed by atoms with Crippen molar-refractivity contribution >= 4 is 17.4 Å². The van der Waals surface area contributed by atoms with Gasteiger partial charge in [0.2, 0.25) is 0 Å². The van der Waals surface area contributed by atoms with Crippen LogP contribution in [0.3, 0.4) is 0 Å². The molecule has 1 aromatic heterocycles. The zero-order chi connectivity index (χ0) is 16.9. The molecule has 0 spiro atoms. The molecule has 24 heavy (non-hydrogen) atoms. The standard InChI is InChI=1S/C17H18F2N2O2S/c18-13-6-5-12(11-14(13)19)23-9-7-20-17(22)21-8-1-3-15(21)16-4-2-10-24-16/h2,4-6,10-11,15H,1,3,7-9H2,(H,20,22). The second kappa shape index (κ2) is 7.61. The highest BCUT2D eigenvalue weighted by atomic mass is 32.1. The summed E-state index contributed by atoms with van der Waals surface area (Å²) in [5.74, 6) is -1.63. The molecule has 1 N–H and O–H groups in total. The minimum atomic E-state index is -0.951. The van der Waals surface area contributed by atoms with Gasteiger partial charge in [0.1, 0.15) is 12.4 Å². The number of ether oxygens (including phenoxy) is 1. The van der Waals surface area contributed by atoms with Crippen molar-refractivity contribution in [3.05, 3.63) is 52.2 Å². The Labute approximate surface area is 143 Å². The first kappa shape index (κ1) is 16.7. The summed E-state index contributed by atoms with van der Waals surface area (Å²) in [6.07, 6.45) is 1.96. The van der Waals surface area contributed by atoms with Crippen molar-refractivity contribution in [1.29, 1.82) is 0 Å². The third kappa shape index (κ3) is 3.84. The topological polar surface area (TPSA) is 41.6 Å². The van der Waals surface area contributed by atoms with Crippen molar-refractivity contribution in [1.82, 2.24) is 10.2 Å². The Balaban J connectivity index is 1.46. The molecule has 1 aliphatic rings. The number of halogens is 2. The Bertz CT molecular complexity index is 694. The molecule has 3 rings (SSSR count). The fourth-order valence-corrected chi connectivity index (χ4v) is 3.66. The van der Waals surface area contributed by atoms with Gasteiger partial charge in [0, 0.05) is 17.5 Å². The Kier molecular flexibility index (Phi) is 5.30. The molecule has 1 unspecified atom stereocenters. The number of thiophene rings is 1. The van der Waals surface area contributed by atoms with Crippen LogP contribution in [0.2, 0.25) is 0 Å². The highest BCUT2D eigenvalue weighted by Crippen LogP contribution is 2.34. The number of rotatable bonds is 5. The van der Waals surface area contributed by atoms with Crippen molar-refractivity contribution in [2.45, 2.75) is 18.9 Å². The Morgan fingerprint density at radius 1 is 1.33 bits per heavy atom. The number of likely N-dealkylation sites (tertiary alicyclic amines) is 1. The first-order valence-electron chi connectivity index (χ1n) is 7.81. The van der Waals surface area contributed by atoms with E-state index in [1.807, 2.05) is 22.4 Å². The maximum atomic E-state index is 13.1. The molecule has 128 valence electrons. The highest BCUT2D eigenvalue weighted by molar-refractivity contribution is 7.10. The van der Waals surface area contributed by atoms with Gasteiger partial charge in [0.15, 0.2) is 11.6 Å². The van der Waals surface area contributed by atoms with Gasteiger partial charge in [0.05, 0.1) is 12.6 Å². The van der Waals surface area contributed by atoms with Crippen LogP contribution in [0.15, 0.2) is 35.7 Å². The number of amides is 2. The van der Waals surface area contributed by atoms with Crippen LogP contribution < -0.4 is 10.1 Å². The van der Waals surface area contributed by atoms with Gasteiger partial charge in [-0.05, 0) is 36.4 Å². The van der Waals surface area contributed by atoms with Crippen LogP contribution in [0, 0.1) is 11.6 Å². The van der Waals surface area contributed by atoms with Gasteiger partial charge in [-0.1, -0.05) is 6.07 Å². The lowest BCUT2D eigenvalue weighted by molar-refractivity contribution is 0.190. The van der Waals surface area contributed by atoms with Crippen LogP contribution in [0.25, 0.3) is 0 Å². The first-order valence-corrected chi connectivity index (χ1v) is 8.69. The van der Waals surface area contributed by atoms with Crippen LogP contribution in [0.1, 0.15) is 23.8 Å². The van der Waals surface area contributed by atoms with Crippen molar-refractivity contribution in [3.63, 3.8) is 0 Å². The van der Waals surface area contributed by atoms with E-state index >= 15 is 0 Å². The van der Waals surface area contributed by atoms with E-state index in [1.54, 1.807) is 11.3 Å². The Hall–Kier alpha value is -2.15. The minimum absolute atomic E-state index is 0.125. The summed E-state index contributed by atoms with van der Waals surface area (Å²) >= 11 is 1.66. The number of carbonyl (C=O) groups is 1. The molecule has 1 fully saturated rings. The number of urea groups is 1. The lowest BCUT2D eigenvalue weighted by atomic mass is 10.2. The molecule has 0 bridgehead atoms. The molecular formula is C17H18F2N2O2S. The van der Waals surface area contributed by atoms with Crippen LogP contribution in [-0.4, -0.2) is 30.6 Å². The summed E-state index contributed by atoms with van der Waals surface area (Å²) < 4.78 is 31.2. The number of hydrogen-bond donors (Lipinski definition) is 1. The van der Waals surface area contributed by atoms with E-state index in [0.717, 1.165) is 31.5 Å². The van der Waals surface area contributed by atoms with Gasteiger partial charge in [-0.2, -0.15) is 0 Å². The van der Waals surface area contributed by atoms with Gasteiger partial charge in [-0.25, -0.2) is 13.6 Å². The summed E-state index contributed by atoms with van der Waals surface area (Å²) in [4.78, 5) is 15.3. The van der Waals surface area contributed by atoms with E-state index in [4.69, 9.17) is 4.74 Å². The van der Waals surface area contributed by atoms with Gasteiger partial charge >= 0.3 is 6.03 Å². The lowest BCUT2D eigenvalue weighted by Crippen LogP contribution is -2.40. The van der Waals surface area contributed by atoms with Crippen molar-refractivity contribution in [3.8, 4) is 5.75 Å². The predicted molar refractivity (Wildman–Crippen MR) is 88.3 cm³/mol. The van der Waals surface area contributed by atoms with Gasteiger partial charge in [-0.3, -0.25) is 0 Å². The van der Waals surface area contributed by atoms with E-state index in [0.29, 0.717) is 6.54 Å². The minimum Gasteiger partial charge on any atom is -0.492 e. The fraction of sp³-hybridized carbons (Fsp3) is 0.353. The number of hydrogen-bond acceptors (Lipinski definition) is 3. The monoisotopic (exact) mass is 352 g/mol. The normalized spacial score (nSPS) is 17.1. The highest BCUT2D eigenvalue weighted by Gasteiger charge is 2.30. The molecule has 1 atom stereocenters. The summed E-state index contributed by atoms with van der Waals surface area (Å²) in [5.41, 5.74) is 0. The summed E-state index contributed by atoms with van der Waals surface area (Å²) in [5, 5.41) is 4.82. The van der Waals surface area contributed by atoms with Gasteiger partial charge in [0.25, 0.3) is 0 Å². The molecule has 2 amide bonds.